The molecule has 21 heavy (non-hydrogen) atoms. The van der Waals surface area contributed by atoms with Gasteiger partial charge < -0.3 is 10.2 Å². The lowest BCUT2D eigenvalue weighted by Gasteiger charge is -2.18. The first-order valence-corrected chi connectivity index (χ1v) is 6.79. The number of carbonyl (C=O) groups is 1. The Kier molecular flexibility index (Phi) is 5.23. The fourth-order valence-corrected chi connectivity index (χ4v) is 2.03. The van der Waals surface area contributed by atoms with Gasteiger partial charge in [0.1, 0.15) is 23.8 Å². The van der Waals surface area contributed by atoms with Gasteiger partial charge in [0, 0.05) is 25.8 Å². The van der Waals surface area contributed by atoms with Gasteiger partial charge in [-0.15, -0.1) is 0 Å². The zero-order valence-electron chi connectivity index (χ0n) is 12.0. The van der Waals surface area contributed by atoms with Gasteiger partial charge in [0.25, 0.3) is 0 Å². The molecule has 7 nitrogen and oxygen atoms in total. The summed E-state index contributed by atoms with van der Waals surface area (Å²) in [6.45, 7) is 2.50. The minimum atomic E-state index is 0.103. The van der Waals surface area contributed by atoms with Crippen molar-refractivity contribution < 1.29 is 4.79 Å². The maximum Gasteiger partial charge on any atom is 0.240 e. The van der Waals surface area contributed by atoms with Gasteiger partial charge >= 0.3 is 0 Å². The van der Waals surface area contributed by atoms with Gasteiger partial charge in [-0.1, -0.05) is 6.08 Å². The average Bonchev–Trinajstić information content (AvgIpc) is 2.64. The van der Waals surface area contributed by atoms with Crippen LogP contribution in [-0.2, 0) is 4.79 Å². The molecule has 0 fully saturated rings. The number of amides is 1. The van der Waals surface area contributed by atoms with Gasteiger partial charge in [0.15, 0.2) is 0 Å². The van der Waals surface area contributed by atoms with Crippen LogP contribution in [0.1, 0.15) is 12.0 Å². The lowest BCUT2D eigenvalue weighted by atomic mass is 10.3. The van der Waals surface area contributed by atoms with E-state index < -0.39 is 0 Å². The predicted octanol–water partition coefficient (Wildman–Crippen LogP) is 0.438. The normalized spacial score (nSPS) is 15.6. The first-order chi connectivity index (χ1) is 10.2. The molecule has 0 saturated carbocycles. The van der Waals surface area contributed by atoms with Crippen molar-refractivity contribution in [2.24, 2.45) is 0 Å². The Morgan fingerprint density at radius 2 is 2.38 bits per heavy atom. The van der Waals surface area contributed by atoms with Crippen LogP contribution < -0.4 is 5.32 Å². The van der Waals surface area contributed by atoms with Gasteiger partial charge in [-0.05, 0) is 13.5 Å². The predicted molar refractivity (Wildman–Crippen MR) is 78.2 cm³/mol. The fourth-order valence-electron chi connectivity index (χ4n) is 2.03. The summed E-state index contributed by atoms with van der Waals surface area (Å²) < 4.78 is 0. The van der Waals surface area contributed by atoms with Crippen LogP contribution in [0.5, 0.6) is 0 Å². The number of anilines is 1. The van der Waals surface area contributed by atoms with Crippen molar-refractivity contribution >= 4 is 11.7 Å². The number of nitriles is 1. The molecule has 1 amide bonds. The Hall–Kier alpha value is -2.46. The summed E-state index contributed by atoms with van der Waals surface area (Å²) in [6, 6.07) is 2.04. The van der Waals surface area contributed by atoms with Crippen LogP contribution in [0.25, 0.3) is 0 Å². The van der Waals surface area contributed by atoms with Crippen molar-refractivity contribution in [2.75, 3.05) is 38.5 Å². The summed E-state index contributed by atoms with van der Waals surface area (Å²) in [4.78, 5) is 23.5. The average molecular weight is 286 g/mol. The maximum atomic E-state index is 11.9. The minimum absolute atomic E-state index is 0.103. The Balaban J connectivity index is 1.79. The third kappa shape index (κ3) is 4.26. The summed E-state index contributed by atoms with van der Waals surface area (Å²) in [5.74, 6) is 0.635. The van der Waals surface area contributed by atoms with Gasteiger partial charge in [-0.2, -0.15) is 5.26 Å². The van der Waals surface area contributed by atoms with Crippen LogP contribution in [0.4, 0.5) is 5.82 Å². The number of carbonyl (C=O) groups excluding carboxylic acids is 1. The van der Waals surface area contributed by atoms with E-state index in [-0.39, 0.29) is 5.91 Å². The Morgan fingerprint density at radius 1 is 1.52 bits per heavy atom. The summed E-state index contributed by atoms with van der Waals surface area (Å²) in [7, 11) is 1.92. The van der Waals surface area contributed by atoms with Crippen molar-refractivity contribution in [1.29, 1.82) is 5.26 Å². The number of aromatic nitrogens is 2. The molecular formula is C14H18N6O. The van der Waals surface area contributed by atoms with E-state index in [4.69, 9.17) is 5.26 Å². The largest absolute Gasteiger partial charge is 0.369 e. The summed E-state index contributed by atoms with van der Waals surface area (Å²) in [6.07, 6.45) is 7.48. The van der Waals surface area contributed by atoms with Crippen molar-refractivity contribution in [3.05, 3.63) is 30.4 Å². The highest BCUT2D eigenvalue weighted by Crippen LogP contribution is 2.08. The van der Waals surface area contributed by atoms with Crippen molar-refractivity contribution in [2.45, 2.75) is 6.42 Å². The van der Waals surface area contributed by atoms with Crippen molar-refractivity contribution in [3.63, 3.8) is 0 Å². The summed E-state index contributed by atoms with van der Waals surface area (Å²) in [5, 5.41) is 12.0. The molecule has 110 valence electrons. The monoisotopic (exact) mass is 286 g/mol. The molecule has 0 aromatic carbocycles. The molecule has 0 bridgehead atoms. The Bertz CT molecular complexity index is 565. The number of hydrogen-bond acceptors (Lipinski definition) is 6. The summed E-state index contributed by atoms with van der Waals surface area (Å²) >= 11 is 0. The van der Waals surface area contributed by atoms with Crippen LogP contribution >= 0.6 is 0 Å². The molecule has 1 aliphatic heterocycles. The van der Waals surface area contributed by atoms with Crippen LogP contribution in [0.3, 0.4) is 0 Å². The van der Waals surface area contributed by atoms with Crippen LogP contribution in [-0.4, -0.2) is 58.9 Å². The smallest absolute Gasteiger partial charge is 0.240 e. The van der Waals surface area contributed by atoms with E-state index in [0.29, 0.717) is 31.0 Å². The topological polar surface area (TPSA) is 85.2 Å². The van der Waals surface area contributed by atoms with E-state index in [0.717, 1.165) is 13.0 Å². The van der Waals surface area contributed by atoms with Gasteiger partial charge in [-0.25, -0.2) is 9.97 Å². The van der Waals surface area contributed by atoms with Crippen LogP contribution in [0.2, 0.25) is 0 Å². The summed E-state index contributed by atoms with van der Waals surface area (Å²) in [5.41, 5.74) is 0.421. The highest BCUT2D eigenvalue weighted by molar-refractivity contribution is 5.79. The minimum Gasteiger partial charge on any atom is -0.369 e. The molecular weight excluding hydrogens is 268 g/mol. The quantitative estimate of drug-likeness (QED) is 0.790. The van der Waals surface area contributed by atoms with Gasteiger partial charge in [0.2, 0.25) is 5.91 Å². The van der Waals surface area contributed by atoms with E-state index in [2.05, 4.69) is 15.3 Å². The standard InChI is InChI=1S/C14H18N6O/c1-19-5-3-7-20(13(21)10-19)6-2-4-17-14-12(8-15)9-16-11-18-14/h3,7,9,11H,2,4-6,10H2,1H3,(H,16,17,18). The number of nitrogens with one attached hydrogen (secondary N) is 1. The molecule has 2 heterocycles. The van der Waals surface area contributed by atoms with Gasteiger partial charge in [0.05, 0.1) is 12.7 Å². The lowest BCUT2D eigenvalue weighted by molar-refractivity contribution is -0.129. The zero-order chi connectivity index (χ0) is 15.1. The number of rotatable bonds is 5. The second-order valence-electron chi connectivity index (χ2n) is 4.85. The van der Waals surface area contributed by atoms with E-state index >= 15 is 0 Å². The molecule has 0 unspecified atom stereocenters. The van der Waals surface area contributed by atoms with E-state index in [1.54, 1.807) is 4.90 Å². The molecule has 0 radical (unpaired) electrons. The first-order valence-electron chi connectivity index (χ1n) is 6.79. The molecule has 0 saturated heterocycles. The van der Waals surface area contributed by atoms with Crippen LogP contribution in [0.15, 0.2) is 24.8 Å². The number of hydrogen-bond donors (Lipinski definition) is 1. The molecule has 1 aromatic rings. The second-order valence-corrected chi connectivity index (χ2v) is 4.85. The van der Waals surface area contributed by atoms with E-state index in [9.17, 15) is 4.79 Å². The Morgan fingerprint density at radius 3 is 3.19 bits per heavy atom. The number of likely N-dealkylation sites (N-methyl/N-ethyl adjacent to an activating group) is 1. The van der Waals surface area contributed by atoms with E-state index in [1.165, 1.54) is 12.5 Å². The molecule has 0 spiro atoms. The van der Waals surface area contributed by atoms with E-state index in [1.807, 2.05) is 30.3 Å². The second kappa shape index (κ2) is 7.36. The molecule has 1 N–H and O–H groups in total. The zero-order valence-corrected chi connectivity index (χ0v) is 12.0. The lowest BCUT2D eigenvalue weighted by Crippen LogP contribution is -2.34. The van der Waals surface area contributed by atoms with Crippen molar-refractivity contribution in [3.8, 4) is 6.07 Å². The SMILES string of the molecule is CN1CC=CN(CCCNc2ncncc2C#N)C(=O)C1. The first kappa shape index (κ1) is 14.9. The van der Waals surface area contributed by atoms with Gasteiger partial charge in [-0.3, -0.25) is 9.69 Å². The molecule has 1 aromatic heterocycles. The molecule has 1 aliphatic rings. The Labute approximate surface area is 123 Å². The van der Waals surface area contributed by atoms with Crippen LogP contribution in [0, 0.1) is 11.3 Å². The number of nitrogens with zero attached hydrogens (tertiary/aromatic N) is 5. The molecule has 0 aliphatic carbocycles. The third-order valence-corrected chi connectivity index (χ3v) is 3.13. The highest BCUT2D eigenvalue weighted by Gasteiger charge is 2.15. The molecule has 7 heteroatoms. The highest BCUT2D eigenvalue weighted by atomic mass is 16.2. The maximum absolute atomic E-state index is 11.9. The third-order valence-electron chi connectivity index (χ3n) is 3.13. The van der Waals surface area contributed by atoms with Crippen molar-refractivity contribution in [1.82, 2.24) is 19.8 Å². The molecule has 0 atom stereocenters. The fraction of sp³-hybridized carbons (Fsp3) is 0.429. The molecule has 2 rings (SSSR count).